The van der Waals surface area contributed by atoms with Crippen LogP contribution in [0, 0.1) is 0 Å². The van der Waals surface area contributed by atoms with Crippen LogP contribution >= 0.6 is 27.5 Å². The minimum atomic E-state index is -0.741. The monoisotopic (exact) mass is 352 g/mol. The zero-order chi connectivity index (χ0) is 14.5. The number of nitrogens with one attached hydrogen (secondary N) is 2. The standard InChI is InChI=1S/C14H10BrClN2O2/c15-9-1-5-11(6-2-9)17-13(19)14(20)18-12-7-3-10(16)4-8-12/h1-8H,(H,17,19)(H,18,20). The molecule has 0 saturated heterocycles. The summed E-state index contributed by atoms with van der Waals surface area (Å²) >= 11 is 9.02. The lowest BCUT2D eigenvalue weighted by Gasteiger charge is -2.06. The van der Waals surface area contributed by atoms with Gasteiger partial charge in [0.2, 0.25) is 0 Å². The molecule has 0 spiro atoms. The molecule has 2 amide bonds. The zero-order valence-corrected chi connectivity index (χ0v) is 12.5. The first-order chi connectivity index (χ1) is 9.54. The van der Waals surface area contributed by atoms with E-state index >= 15 is 0 Å². The van der Waals surface area contributed by atoms with Gasteiger partial charge in [0.15, 0.2) is 0 Å². The average Bonchev–Trinajstić information content (AvgIpc) is 2.44. The van der Waals surface area contributed by atoms with Crippen LogP contribution in [0.15, 0.2) is 53.0 Å². The lowest BCUT2D eigenvalue weighted by Crippen LogP contribution is -2.29. The van der Waals surface area contributed by atoms with Crippen molar-refractivity contribution in [3.63, 3.8) is 0 Å². The second-order valence-corrected chi connectivity index (χ2v) is 5.27. The van der Waals surface area contributed by atoms with Crippen molar-refractivity contribution >= 4 is 50.7 Å². The van der Waals surface area contributed by atoms with Crippen molar-refractivity contribution in [2.75, 3.05) is 10.6 Å². The van der Waals surface area contributed by atoms with Gasteiger partial charge in [-0.25, -0.2) is 0 Å². The molecule has 2 aromatic carbocycles. The van der Waals surface area contributed by atoms with Crippen molar-refractivity contribution in [1.29, 1.82) is 0 Å². The predicted octanol–water partition coefficient (Wildman–Crippen LogP) is 3.68. The molecular formula is C14H10BrClN2O2. The van der Waals surface area contributed by atoms with E-state index in [1.165, 1.54) is 0 Å². The molecule has 0 heterocycles. The Balaban J connectivity index is 1.96. The second kappa shape index (κ2) is 6.54. The van der Waals surface area contributed by atoms with Gasteiger partial charge in [-0.2, -0.15) is 0 Å². The quantitative estimate of drug-likeness (QED) is 0.809. The van der Waals surface area contributed by atoms with Crippen LogP contribution in [0.3, 0.4) is 0 Å². The van der Waals surface area contributed by atoms with Gasteiger partial charge in [0.05, 0.1) is 0 Å². The number of anilines is 2. The molecule has 0 radical (unpaired) electrons. The fraction of sp³-hybridized carbons (Fsp3) is 0. The van der Waals surface area contributed by atoms with Crippen molar-refractivity contribution in [2.45, 2.75) is 0 Å². The Hall–Kier alpha value is -1.85. The Bertz CT molecular complexity index is 569. The van der Waals surface area contributed by atoms with Crippen LogP contribution in [0.4, 0.5) is 11.4 Å². The molecule has 0 fully saturated rings. The van der Waals surface area contributed by atoms with Gasteiger partial charge in [0.25, 0.3) is 0 Å². The van der Waals surface area contributed by atoms with Crippen LogP contribution in [0.1, 0.15) is 0 Å². The number of carbonyl (C=O) groups is 2. The Morgan fingerprint density at radius 1 is 0.800 bits per heavy atom. The molecule has 2 aromatic rings. The van der Waals surface area contributed by atoms with E-state index in [-0.39, 0.29) is 0 Å². The summed E-state index contributed by atoms with van der Waals surface area (Å²) in [6, 6.07) is 13.4. The molecule has 0 unspecified atom stereocenters. The normalized spacial score (nSPS) is 9.90. The van der Waals surface area contributed by atoms with E-state index in [4.69, 9.17) is 11.6 Å². The summed E-state index contributed by atoms with van der Waals surface area (Å²) in [7, 11) is 0. The fourth-order valence-corrected chi connectivity index (χ4v) is 1.83. The molecule has 0 aliphatic heterocycles. The Labute approximate surface area is 129 Å². The van der Waals surface area contributed by atoms with Gasteiger partial charge >= 0.3 is 11.8 Å². The SMILES string of the molecule is O=C(Nc1ccc(Cl)cc1)C(=O)Nc1ccc(Br)cc1. The molecule has 102 valence electrons. The van der Waals surface area contributed by atoms with E-state index in [0.29, 0.717) is 16.4 Å². The van der Waals surface area contributed by atoms with Gasteiger partial charge in [0.1, 0.15) is 0 Å². The van der Waals surface area contributed by atoms with Gasteiger partial charge < -0.3 is 10.6 Å². The van der Waals surface area contributed by atoms with E-state index < -0.39 is 11.8 Å². The number of halogens is 2. The number of hydrogen-bond acceptors (Lipinski definition) is 2. The fourth-order valence-electron chi connectivity index (χ4n) is 1.44. The summed E-state index contributed by atoms with van der Waals surface area (Å²) in [5, 5.41) is 5.54. The minimum Gasteiger partial charge on any atom is -0.318 e. The van der Waals surface area contributed by atoms with Gasteiger partial charge in [-0.15, -0.1) is 0 Å². The summed E-state index contributed by atoms with van der Waals surface area (Å²) in [6.07, 6.45) is 0. The number of rotatable bonds is 2. The maximum absolute atomic E-state index is 11.7. The highest BCUT2D eigenvalue weighted by atomic mass is 79.9. The Morgan fingerprint density at radius 2 is 1.20 bits per heavy atom. The highest BCUT2D eigenvalue weighted by Crippen LogP contribution is 2.15. The molecule has 0 atom stereocenters. The van der Waals surface area contributed by atoms with E-state index in [0.717, 1.165) is 4.47 Å². The summed E-state index contributed by atoms with van der Waals surface area (Å²) < 4.78 is 0.890. The predicted molar refractivity (Wildman–Crippen MR) is 82.9 cm³/mol. The van der Waals surface area contributed by atoms with Crippen LogP contribution in [0.25, 0.3) is 0 Å². The number of carbonyl (C=O) groups excluding carboxylic acids is 2. The van der Waals surface area contributed by atoms with Crippen molar-refractivity contribution in [3.8, 4) is 0 Å². The molecular weight excluding hydrogens is 344 g/mol. The maximum Gasteiger partial charge on any atom is 0.314 e. The molecule has 0 aliphatic carbocycles. The van der Waals surface area contributed by atoms with Crippen LogP contribution in [0.5, 0.6) is 0 Å². The van der Waals surface area contributed by atoms with E-state index in [9.17, 15) is 9.59 Å². The van der Waals surface area contributed by atoms with Crippen LogP contribution in [0.2, 0.25) is 5.02 Å². The highest BCUT2D eigenvalue weighted by Gasteiger charge is 2.13. The molecule has 4 nitrogen and oxygen atoms in total. The number of hydrogen-bond donors (Lipinski definition) is 2. The van der Waals surface area contributed by atoms with Crippen molar-refractivity contribution < 1.29 is 9.59 Å². The third-order valence-corrected chi connectivity index (χ3v) is 3.19. The molecule has 0 aliphatic rings. The summed E-state index contributed by atoms with van der Waals surface area (Å²) in [5.41, 5.74) is 1.05. The molecule has 6 heteroatoms. The summed E-state index contributed by atoms with van der Waals surface area (Å²) in [4.78, 5) is 23.4. The number of amides is 2. The van der Waals surface area contributed by atoms with Gasteiger partial charge in [-0.1, -0.05) is 27.5 Å². The van der Waals surface area contributed by atoms with Crippen LogP contribution in [-0.2, 0) is 9.59 Å². The first-order valence-corrected chi connectivity index (χ1v) is 6.85. The molecule has 0 aromatic heterocycles. The summed E-state index contributed by atoms with van der Waals surface area (Å²) in [5.74, 6) is -1.47. The lowest BCUT2D eigenvalue weighted by molar-refractivity contribution is -0.132. The summed E-state index contributed by atoms with van der Waals surface area (Å²) in [6.45, 7) is 0. The van der Waals surface area contributed by atoms with Crippen LogP contribution < -0.4 is 10.6 Å². The van der Waals surface area contributed by atoms with Crippen molar-refractivity contribution in [1.82, 2.24) is 0 Å². The first kappa shape index (κ1) is 14.6. The van der Waals surface area contributed by atoms with Gasteiger partial charge in [0, 0.05) is 20.9 Å². The topological polar surface area (TPSA) is 58.2 Å². The Morgan fingerprint density at radius 3 is 1.65 bits per heavy atom. The van der Waals surface area contributed by atoms with E-state index in [2.05, 4.69) is 26.6 Å². The highest BCUT2D eigenvalue weighted by molar-refractivity contribution is 9.10. The third-order valence-electron chi connectivity index (χ3n) is 2.41. The first-order valence-electron chi connectivity index (χ1n) is 5.68. The Kier molecular flexibility index (Phi) is 4.76. The smallest absolute Gasteiger partial charge is 0.314 e. The molecule has 2 rings (SSSR count). The van der Waals surface area contributed by atoms with Crippen LogP contribution in [-0.4, -0.2) is 11.8 Å². The lowest BCUT2D eigenvalue weighted by atomic mass is 10.3. The minimum absolute atomic E-state index is 0.505. The second-order valence-electron chi connectivity index (χ2n) is 3.92. The molecule has 20 heavy (non-hydrogen) atoms. The van der Waals surface area contributed by atoms with Gasteiger partial charge in [-0.3, -0.25) is 9.59 Å². The molecule has 0 bridgehead atoms. The van der Waals surface area contributed by atoms with E-state index in [1.807, 2.05) is 0 Å². The van der Waals surface area contributed by atoms with E-state index in [1.54, 1.807) is 48.5 Å². The third kappa shape index (κ3) is 4.08. The maximum atomic E-state index is 11.7. The van der Waals surface area contributed by atoms with Crippen molar-refractivity contribution in [2.24, 2.45) is 0 Å². The molecule has 2 N–H and O–H groups in total. The van der Waals surface area contributed by atoms with Gasteiger partial charge in [-0.05, 0) is 48.5 Å². The largest absolute Gasteiger partial charge is 0.318 e. The van der Waals surface area contributed by atoms with Crippen molar-refractivity contribution in [3.05, 3.63) is 58.0 Å². The average molecular weight is 354 g/mol. The zero-order valence-electron chi connectivity index (χ0n) is 10.2. The molecule has 0 saturated carbocycles. The number of benzene rings is 2.